The van der Waals surface area contributed by atoms with E-state index in [4.69, 9.17) is 9.47 Å². The van der Waals surface area contributed by atoms with Gasteiger partial charge in [-0.05, 0) is 38.0 Å². The monoisotopic (exact) mass is 398 g/mol. The quantitative estimate of drug-likeness (QED) is 0.773. The number of nitrogens with zero attached hydrogens (tertiary/aromatic N) is 3. The van der Waals surface area contributed by atoms with Crippen LogP contribution >= 0.6 is 0 Å². The summed E-state index contributed by atoms with van der Waals surface area (Å²) in [6, 6.07) is 9.18. The van der Waals surface area contributed by atoms with Gasteiger partial charge >= 0.3 is 0 Å². The number of hydrogen-bond donors (Lipinski definition) is 1. The Hall–Kier alpha value is -2.87. The summed E-state index contributed by atoms with van der Waals surface area (Å²) in [5.74, 6) is 0.704. The molecule has 0 spiro atoms. The number of benzene rings is 1. The van der Waals surface area contributed by atoms with Crippen LogP contribution in [0.1, 0.15) is 41.9 Å². The third-order valence-electron chi connectivity index (χ3n) is 5.08. The zero-order valence-electron chi connectivity index (χ0n) is 16.6. The van der Waals surface area contributed by atoms with Crippen molar-refractivity contribution in [2.75, 3.05) is 38.2 Å². The Morgan fingerprint density at radius 2 is 2.00 bits per heavy atom. The molecular formula is C21H26N4O4. The third kappa shape index (κ3) is 4.59. The van der Waals surface area contributed by atoms with E-state index in [1.165, 1.54) is 0 Å². The molecule has 154 valence electrons. The summed E-state index contributed by atoms with van der Waals surface area (Å²) in [7, 11) is 0. The van der Waals surface area contributed by atoms with Crippen molar-refractivity contribution in [3.05, 3.63) is 41.7 Å². The first-order valence-electron chi connectivity index (χ1n) is 10.1. The molecule has 1 N–H and O–H groups in total. The Morgan fingerprint density at radius 1 is 1.24 bits per heavy atom. The van der Waals surface area contributed by atoms with Gasteiger partial charge in [0.25, 0.3) is 5.91 Å². The van der Waals surface area contributed by atoms with Crippen LogP contribution in [0.15, 0.2) is 30.3 Å². The number of hydrogen-bond acceptors (Lipinski definition) is 5. The topological polar surface area (TPSA) is 85.7 Å². The van der Waals surface area contributed by atoms with Gasteiger partial charge in [-0.2, -0.15) is 5.10 Å². The number of ether oxygens (including phenoxy) is 2. The number of rotatable bonds is 7. The molecule has 8 nitrogen and oxygen atoms in total. The van der Waals surface area contributed by atoms with Gasteiger partial charge in [0, 0.05) is 24.7 Å². The van der Waals surface area contributed by atoms with E-state index in [0.717, 1.165) is 18.5 Å². The Balaban J connectivity index is 1.48. The van der Waals surface area contributed by atoms with E-state index in [1.54, 1.807) is 15.6 Å². The molecule has 2 aliphatic rings. The molecule has 4 rings (SSSR count). The van der Waals surface area contributed by atoms with Crippen molar-refractivity contribution in [3.8, 4) is 5.75 Å². The minimum Gasteiger partial charge on any atom is -0.492 e. The van der Waals surface area contributed by atoms with Crippen molar-refractivity contribution in [2.24, 2.45) is 0 Å². The molecule has 1 aliphatic heterocycles. The highest BCUT2D eigenvalue weighted by molar-refractivity contribution is 5.93. The van der Waals surface area contributed by atoms with Crippen molar-refractivity contribution in [1.82, 2.24) is 14.7 Å². The first-order chi connectivity index (χ1) is 14.2. The molecule has 1 aromatic heterocycles. The van der Waals surface area contributed by atoms with Crippen molar-refractivity contribution >= 4 is 17.5 Å². The maximum atomic E-state index is 12.8. The summed E-state index contributed by atoms with van der Waals surface area (Å²) in [6.07, 6.45) is 2.12. The molecule has 2 aromatic rings. The average molecular weight is 398 g/mol. The number of carbonyl (C=O) groups is 2. The highest BCUT2D eigenvalue weighted by Gasteiger charge is 2.31. The average Bonchev–Trinajstić information content (AvgIpc) is 3.50. The van der Waals surface area contributed by atoms with Crippen molar-refractivity contribution < 1.29 is 19.1 Å². The second-order valence-corrected chi connectivity index (χ2v) is 7.27. The number of carbonyl (C=O) groups excluding carboxylic acids is 2. The molecular weight excluding hydrogens is 372 g/mol. The first-order valence-corrected chi connectivity index (χ1v) is 10.1. The second kappa shape index (κ2) is 8.65. The fourth-order valence-corrected chi connectivity index (χ4v) is 3.48. The zero-order chi connectivity index (χ0) is 20.2. The molecule has 29 heavy (non-hydrogen) atoms. The van der Waals surface area contributed by atoms with Gasteiger partial charge < -0.3 is 19.7 Å². The summed E-state index contributed by atoms with van der Waals surface area (Å²) in [5.41, 5.74) is 1.98. The smallest absolute Gasteiger partial charge is 0.274 e. The maximum absolute atomic E-state index is 12.8. The molecule has 1 saturated carbocycles. The maximum Gasteiger partial charge on any atom is 0.274 e. The van der Waals surface area contributed by atoms with Gasteiger partial charge in [0.15, 0.2) is 5.69 Å². The van der Waals surface area contributed by atoms with Crippen LogP contribution in [0.2, 0.25) is 0 Å². The second-order valence-electron chi connectivity index (χ2n) is 7.27. The molecule has 1 aliphatic carbocycles. The lowest BCUT2D eigenvalue weighted by Gasteiger charge is -2.25. The van der Waals surface area contributed by atoms with Gasteiger partial charge in [-0.1, -0.05) is 12.1 Å². The van der Waals surface area contributed by atoms with E-state index in [0.29, 0.717) is 56.0 Å². The van der Waals surface area contributed by atoms with Crippen molar-refractivity contribution in [1.29, 1.82) is 0 Å². The molecule has 2 fully saturated rings. The van der Waals surface area contributed by atoms with Crippen LogP contribution in [0.3, 0.4) is 0 Å². The van der Waals surface area contributed by atoms with Gasteiger partial charge in [-0.25, -0.2) is 0 Å². The normalized spacial score (nSPS) is 16.5. The number of para-hydroxylation sites is 2. The Kier molecular flexibility index (Phi) is 5.80. The molecule has 0 radical (unpaired) electrons. The van der Waals surface area contributed by atoms with Gasteiger partial charge in [0.1, 0.15) is 12.3 Å². The minimum absolute atomic E-state index is 0.0582. The van der Waals surface area contributed by atoms with Gasteiger partial charge in [-0.3, -0.25) is 14.3 Å². The Labute approximate surface area is 169 Å². The summed E-state index contributed by atoms with van der Waals surface area (Å²) in [4.78, 5) is 27.2. The van der Waals surface area contributed by atoms with E-state index >= 15 is 0 Å². The van der Waals surface area contributed by atoms with Crippen LogP contribution in [0.25, 0.3) is 0 Å². The van der Waals surface area contributed by atoms with E-state index in [2.05, 4.69) is 10.4 Å². The van der Waals surface area contributed by atoms with E-state index in [-0.39, 0.29) is 18.4 Å². The molecule has 1 aromatic carbocycles. The highest BCUT2D eigenvalue weighted by atomic mass is 16.5. The van der Waals surface area contributed by atoms with Gasteiger partial charge in [0.05, 0.1) is 25.5 Å². The summed E-state index contributed by atoms with van der Waals surface area (Å²) in [5, 5.41) is 7.38. The number of aromatic nitrogens is 2. The SMILES string of the molecule is CCOc1ccccc1NC(=O)Cn1nc(C(=O)N2CCOCC2)cc1C1CC1. The Morgan fingerprint density at radius 3 is 2.72 bits per heavy atom. The molecule has 8 heteroatoms. The standard InChI is InChI=1S/C21H26N4O4/c1-2-29-19-6-4-3-5-16(19)22-20(26)14-25-18(15-7-8-15)13-17(23-25)21(27)24-9-11-28-12-10-24/h3-6,13,15H,2,7-12,14H2,1H3,(H,22,26). The number of nitrogens with one attached hydrogen (secondary N) is 1. The highest BCUT2D eigenvalue weighted by Crippen LogP contribution is 2.40. The molecule has 2 amide bonds. The summed E-state index contributed by atoms with van der Waals surface area (Å²) in [6.45, 7) is 4.70. The van der Waals surface area contributed by atoms with Gasteiger partial charge in [0.2, 0.25) is 5.91 Å². The fraction of sp³-hybridized carbons (Fsp3) is 0.476. The fourth-order valence-electron chi connectivity index (χ4n) is 3.48. The molecule has 0 unspecified atom stereocenters. The third-order valence-corrected chi connectivity index (χ3v) is 5.08. The number of anilines is 1. The molecule has 2 heterocycles. The molecule has 0 bridgehead atoms. The van der Waals surface area contributed by atoms with Crippen LogP contribution < -0.4 is 10.1 Å². The van der Waals surface area contributed by atoms with Crippen LogP contribution in [-0.4, -0.2) is 59.4 Å². The lowest BCUT2D eigenvalue weighted by Crippen LogP contribution is -2.40. The van der Waals surface area contributed by atoms with Gasteiger partial charge in [-0.15, -0.1) is 0 Å². The van der Waals surface area contributed by atoms with Crippen molar-refractivity contribution in [3.63, 3.8) is 0 Å². The van der Waals surface area contributed by atoms with Crippen LogP contribution in [0, 0.1) is 0 Å². The van der Waals surface area contributed by atoms with Crippen molar-refractivity contribution in [2.45, 2.75) is 32.2 Å². The van der Waals surface area contributed by atoms with Crippen LogP contribution in [0.5, 0.6) is 5.75 Å². The predicted octanol–water partition coefficient (Wildman–Crippen LogP) is 2.27. The predicted molar refractivity (Wildman–Crippen MR) is 107 cm³/mol. The van der Waals surface area contributed by atoms with E-state index < -0.39 is 0 Å². The first kappa shape index (κ1) is 19.4. The molecule has 1 saturated heterocycles. The van der Waals surface area contributed by atoms with E-state index in [1.807, 2.05) is 31.2 Å². The van der Waals surface area contributed by atoms with Crippen LogP contribution in [0.4, 0.5) is 5.69 Å². The zero-order valence-corrected chi connectivity index (χ0v) is 16.6. The summed E-state index contributed by atoms with van der Waals surface area (Å²) >= 11 is 0. The van der Waals surface area contributed by atoms with Crippen LogP contribution in [-0.2, 0) is 16.1 Å². The minimum atomic E-state index is -0.201. The number of amides is 2. The largest absolute Gasteiger partial charge is 0.492 e. The Bertz CT molecular complexity index is 885. The van der Waals surface area contributed by atoms with E-state index in [9.17, 15) is 9.59 Å². The molecule has 0 atom stereocenters. The lowest BCUT2D eigenvalue weighted by atomic mass is 10.2. The summed E-state index contributed by atoms with van der Waals surface area (Å²) < 4.78 is 12.6. The number of morpholine rings is 1. The lowest BCUT2D eigenvalue weighted by molar-refractivity contribution is -0.117.